The Morgan fingerprint density at radius 2 is 1.68 bits per heavy atom. The van der Waals surface area contributed by atoms with E-state index in [2.05, 4.69) is 27.9 Å². The van der Waals surface area contributed by atoms with Gasteiger partial charge in [-0.2, -0.15) is 23.5 Å². The van der Waals surface area contributed by atoms with Gasteiger partial charge in [0.2, 0.25) is 5.91 Å². The number of thioether (sulfide) groups is 2. The van der Waals surface area contributed by atoms with Gasteiger partial charge in [-0.15, -0.1) is 0 Å². The number of hydrogen-bond donors (Lipinski definition) is 5. The first kappa shape index (κ1) is 31.6. The number of amides is 3. The zero-order chi connectivity index (χ0) is 27.8. The first-order valence-corrected chi connectivity index (χ1v) is 15.2. The molecule has 0 aliphatic heterocycles. The molecule has 0 bridgehead atoms. The van der Waals surface area contributed by atoms with Crippen LogP contribution < -0.4 is 16.0 Å². The SMILES string of the molecule is CCCCSCC(NC(=O)c1cccnc1)C(=O)NCC(O)C(O)C(CCSC)NC(=O)c1ccccc1. The average molecular weight is 563 g/mol. The van der Waals surface area contributed by atoms with E-state index in [1.54, 1.807) is 72.2 Å². The highest BCUT2D eigenvalue weighted by atomic mass is 32.2. The third-order valence-electron chi connectivity index (χ3n) is 5.75. The zero-order valence-corrected chi connectivity index (χ0v) is 23.5. The Hall–Kier alpha value is -2.60. The molecule has 208 valence electrons. The fraction of sp³-hybridized carbons (Fsp3) is 0.481. The van der Waals surface area contributed by atoms with Crippen LogP contribution in [0.1, 0.15) is 46.9 Å². The molecule has 2 aromatic rings. The fourth-order valence-electron chi connectivity index (χ4n) is 3.50. The molecule has 1 heterocycles. The smallest absolute Gasteiger partial charge is 0.253 e. The van der Waals surface area contributed by atoms with Gasteiger partial charge in [0.25, 0.3) is 11.8 Å². The van der Waals surface area contributed by atoms with Crippen molar-refractivity contribution < 1.29 is 24.6 Å². The van der Waals surface area contributed by atoms with E-state index >= 15 is 0 Å². The molecule has 0 aliphatic rings. The lowest BCUT2D eigenvalue weighted by molar-refractivity contribution is -0.123. The molecule has 11 heteroatoms. The van der Waals surface area contributed by atoms with E-state index in [1.807, 2.05) is 6.26 Å². The number of carbonyl (C=O) groups excluding carboxylic acids is 3. The average Bonchev–Trinajstić information content (AvgIpc) is 2.95. The summed E-state index contributed by atoms with van der Waals surface area (Å²) in [4.78, 5) is 42.2. The van der Waals surface area contributed by atoms with Gasteiger partial charge in [0, 0.05) is 30.3 Å². The van der Waals surface area contributed by atoms with Crippen LogP contribution in [-0.2, 0) is 4.79 Å². The number of nitrogens with one attached hydrogen (secondary N) is 3. The van der Waals surface area contributed by atoms with Crippen molar-refractivity contribution in [3.05, 3.63) is 66.0 Å². The Morgan fingerprint density at radius 3 is 2.34 bits per heavy atom. The molecule has 38 heavy (non-hydrogen) atoms. The number of benzene rings is 1. The van der Waals surface area contributed by atoms with E-state index in [4.69, 9.17) is 0 Å². The summed E-state index contributed by atoms with van der Waals surface area (Å²) in [5, 5.41) is 29.7. The molecule has 4 unspecified atom stereocenters. The zero-order valence-electron chi connectivity index (χ0n) is 21.8. The summed E-state index contributed by atoms with van der Waals surface area (Å²) in [6, 6.07) is 10.3. The van der Waals surface area contributed by atoms with Gasteiger partial charge in [0.1, 0.15) is 12.1 Å². The minimum Gasteiger partial charge on any atom is -0.388 e. The van der Waals surface area contributed by atoms with E-state index in [9.17, 15) is 24.6 Å². The highest BCUT2D eigenvalue weighted by Gasteiger charge is 2.29. The van der Waals surface area contributed by atoms with Crippen LogP contribution in [0.3, 0.4) is 0 Å². The minimum atomic E-state index is -1.33. The summed E-state index contributed by atoms with van der Waals surface area (Å²) in [5.41, 5.74) is 0.787. The van der Waals surface area contributed by atoms with Crippen LogP contribution in [0.15, 0.2) is 54.9 Å². The molecular formula is C27H38N4O5S2. The van der Waals surface area contributed by atoms with Crippen LogP contribution in [-0.4, -0.2) is 87.3 Å². The first-order chi connectivity index (χ1) is 18.4. The molecule has 0 spiro atoms. The maximum absolute atomic E-state index is 13.0. The number of hydrogen-bond acceptors (Lipinski definition) is 8. The van der Waals surface area contributed by atoms with Crippen molar-refractivity contribution in [2.24, 2.45) is 0 Å². The van der Waals surface area contributed by atoms with Gasteiger partial charge in [-0.1, -0.05) is 31.5 Å². The second-order valence-electron chi connectivity index (χ2n) is 8.73. The van der Waals surface area contributed by atoms with Crippen LogP contribution in [0.25, 0.3) is 0 Å². The van der Waals surface area contributed by atoms with Gasteiger partial charge in [0.15, 0.2) is 0 Å². The monoisotopic (exact) mass is 562 g/mol. The number of nitrogens with zero attached hydrogens (tertiary/aromatic N) is 1. The van der Waals surface area contributed by atoms with E-state index in [0.29, 0.717) is 29.1 Å². The van der Waals surface area contributed by atoms with E-state index < -0.39 is 36.1 Å². The lowest BCUT2D eigenvalue weighted by Gasteiger charge is -2.28. The van der Waals surface area contributed by atoms with Gasteiger partial charge in [0.05, 0.1) is 17.7 Å². The highest BCUT2D eigenvalue weighted by molar-refractivity contribution is 7.99. The standard InChI is InChI=1S/C27H38N4O5S2/c1-3-4-14-38-18-22(31-26(35)20-11-8-13-28-16-20)27(36)29-17-23(32)24(33)21(12-15-37-2)30-25(34)19-9-6-5-7-10-19/h5-11,13,16,21-24,32-33H,3-4,12,14-15,17-18H2,1-2H3,(H,29,36)(H,30,34)(H,31,35). The number of aromatic nitrogens is 1. The molecular weight excluding hydrogens is 524 g/mol. The van der Waals surface area contributed by atoms with Gasteiger partial charge in [-0.3, -0.25) is 19.4 Å². The third kappa shape index (κ3) is 11.0. The molecule has 3 amide bonds. The Labute approximate surface area is 233 Å². The summed E-state index contributed by atoms with van der Waals surface area (Å²) in [6.07, 6.45) is 4.71. The molecule has 4 atom stereocenters. The molecule has 9 nitrogen and oxygen atoms in total. The van der Waals surface area contributed by atoms with E-state index in [-0.39, 0.29) is 12.5 Å². The molecule has 2 rings (SSSR count). The van der Waals surface area contributed by atoms with Crippen molar-refractivity contribution in [2.75, 3.05) is 30.1 Å². The number of aliphatic hydroxyl groups excluding tert-OH is 2. The van der Waals surface area contributed by atoms with Gasteiger partial charge in [-0.25, -0.2) is 0 Å². The maximum atomic E-state index is 13.0. The lowest BCUT2D eigenvalue weighted by atomic mass is 10.0. The van der Waals surface area contributed by atoms with Crippen LogP contribution in [0.4, 0.5) is 0 Å². The normalized spacial score (nSPS) is 14.1. The van der Waals surface area contributed by atoms with Gasteiger partial charge in [-0.05, 0) is 54.9 Å². The quantitative estimate of drug-likeness (QED) is 0.185. The molecule has 0 saturated heterocycles. The molecule has 0 aliphatic carbocycles. The Kier molecular flexibility index (Phi) is 14.8. The first-order valence-electron chi connectivity index (χ1n) is 12.6. The van der Waals surface area contributed by atoms with Crippen molar-refractivity contribution in [2.45, 2.75) is 50.5 Å². The molecule has 1 aromatic carbocycles. The van der Waals surface area contributed by atoms with Gasteiger partial charge < -0.3 is 26.2 Å². The summed E-state index contributed by atoms with van der Waals surface area (Å²) in [6.45, 7) is 1.84. The highest BCUT2D eigenvalue weighted by Crippen LogP contribution is 2.11. The molecule has 5 N–H and O–H groups in total. The second kappa shape index (κ2) is 17.8. The predicted molar refractivity (Wildman–Crippen MR) is 153 cm³/mol. The van der Waals surface area contributed by atoms with Crippen molar-refractivity contribution in [1.82, 2.24) is 20.9 Å². The van der Waals surface area contributed by atoms with Crippen molar-refractivity contribution in [3.8, 4) is 0 Å². The maximum Gasteiger partial charge on any atom is 0.253 e. The molecule has 1 aromatic heterocycles. The molecule has 0 radical (unpaired) electrons. The summed E-state index contributed by atoms with van der Waals surface area (Å²) >= 11 is 3.12. The van der Waals surface area contributed by atoms with Crippen LogP contribution >= 0.6 is 23.5 Å². The topological polar surface area (TPSA) is 141 Å². The third-order valence-corrected chi connectivity index (χ3v) is 7.54. The lowest BCUT2D eigenvalue weighted by Crippen LogP contribution is -2.54. The number of aliphatic hydroxyl groups is 2. The van der Waals surface area contributed by atoms with Gasteiger partial charge >= 0.3 is 0 Å². The molecule has 0 fully saturated rings. The van der Waals surface area contributed by atoms with Crippen molar-refractivity contribution in [1.29, 1.82) is 0 Å². The number of pyridine rings is 1. The van der Waals surface area contributed by atoms with Crippen LogP contribution in [0, 0.1) is 0 Å². The number of carbonyl (C=O) groups is 3. The van der Waals surface area contributed by atoms with E-state index in [0.717, 1.165) is 18.6 Å². The predicted octanol–water partition coefficient (Wildman–Crippen LogP) is 2.10. The number of rotatable bonds is 17. The fourth-order valence-corrected chi connectivity index (χ4v) is 5.12. The Morgan fingerprint density at radius 1 is 0.974 bits per heavy atom. The Bertz CT molecular complexity index is 984. The van der Waals surface area contributed by atoms with Crippen molar-refractivity contribution in [3.63, 3.8) is 0 Å². The number of unbranched alkanes of at least 4 members (excludes halogenated alkanes) is 1. The van der Waals surface area contributed by atoms with Crippen molar-refractivity contribution >= 4 is 41.2 Å². The largest absolute Gasteiger partial charge is 0.388 e. The summed E-state index contributed by atoms with van der Waals surface area (Å²) in [7, 11) is 0. The second-order valence-corrected chi connectivity index (χ2v) is 10.9. The summed E-state index contributed by atoms with van der Waals surface area (Å²) in [5.74, 6) is 0.631. The van der Waals surface area contributed by atoms with Crippen LogP contribution in [0.5, 0.6) is 0 Å². The Balaban J connectivity index is 1.99. The minimum absolute atomic E-state index is 0.240. The molecule has 0 saturated carbocycles. The van der Waals surface area contributed by atoms with E-state index in [1.165, 1.54) is 6.20 Å². The summed E-state index contributed by atoms with van der Waals surface area (Å²) < 4.78 is 0. The van der Waals surface area contributed by atoms with Crippen LogP contribution in [0.2, 0.25) is 0 Å².